The minimum Gasteiger partial charge on any atom is -0.491 e. The van der Waals surface area contributed by atoms with Gasteiger partial charge in [-0.1, -0.05) is 95.9 Å². The number of carbonyl (C=O) groups excluding carboxylic acids is 2. The van der Waals surface area contributed by atoms with Crippen LogP contribution in [0.5, 0.6) is 11.5 Å². The summed E-state index contributed by atoms with van der Waals surface area (Å²) in [6.07, 6.45) is 0.171. The third-order valence-electron chi connectivity index (χ3n) is 13.6. The number of halogens is 4. The Balaban J connectivity index is 0.840. The van der Waals surface area contributed by atoms with Crippen LogP contribution in [-0.2, 0) is 29.2 Å². The first kappa shape index (κ1) is 56.9. The van der Waals surface area contributed by atoms with Crippen molar-refractivity contribution >= 4 is 35.0 Å². The molecule has 1 aliphatic carbocycles. The van der Waals surface area contributed by atoms with E-state index in [4.69, 9.17) is 51.6 Å². The van der Waals surface area contributed by atoms with Crippen molar-refractivity contribution in [2.45, 2.75) is 97.4 Å². The smallest absolute Gasteiger partial charge is 0.251 e. The fraction of sp³-hybridized carbons (Fsp3) is 0.500. The normalized spacial score (nSPS) is 21.9. The Labute approximate surface area is 438 Å². The summed E-state index contributed by atoms with van der Waals surface area (Å²) in [6.45, 7) is 18.9. The number of hydrogen-bond acceptors (Lipinski definition) is 11. The molecule has 0 bridgehead atoms. The summed E-state index contributed by atoms with van der Waals surface area (Å²) in [7, 11) is 0. The summed E-state index contributed by atoms with van der Waals surface area (Å²) in [5, 5.41) is 29.8. The van der Waals surface area contributed by atoms with E-state index in [0.29, 0.717) is 85.9 Å². The van der Waals surface area contributed by atoms with E-state index in [-0.39, 0.29) is 70.2 Å². The van der Waals surface area contributed by atoms with Crippen LogP contribution in [0.15, 0.2) is 78.9 Å². The highest BCUT2D eigenvalue weighted by molar-refractivity contribution is 6.32. The first-order valence-corrected chi connectivity index (χ1v) is 25.3. The Morgan fingerprint density at radius 1 is 0.767 bits per heavy atom. The lowest BCUT2D eigenvalue weighted by molar-refractivity contribution is -0.164. The molecule has 4 aromatic carbocycles. The number of benzene rings is 4. The number of nitriles is 2. The van der Waals surface area contributed by atoms with Crippen LogP contribution in [0, 0.1) is 57.5 Å². The van der Waals surface area contributed by atoms with E-state index in [2.05, 4.69) is 55.8 Å². The van der Waals surface area contributed by atoms with E-state index in [1.54, 1.807) is 67.6 Å². The van der Waals surface area contributed by atoms with Crippen molar-refractivity contribution in [3.63, 3.8) is 0 Å². The Morgan fingerprint density at radius 3 is 1.95 bits per heavy atom. The molecule has 6 rings (SSSR count). The van der Waals surface area contributed by atoms with E-state index >= 15 is 8.78 Å². The van der Waals surface area contributed by atoms with Gasteiger partial charge in [0.25, 0.3) is 5.91 Å². The molecule has 1 aliphatic heterocycles. The molecule has 1 saturated heterocycles. The maximum atomic E-state index is 16.0. The van der Waals surface area contributed by atoms with Gasteiger partial charge in [-0.15, -0.1) is 0 Å². The van der Waals surface area contributed by atoms with Crippen molar-refractivity contribution in [2.24, 2.45) is 16.2 Å². The molecule has 2 aliphatic rings. The van der Waals surface area contributed by atoms with Gasteiger partial charge in [0.2, 0.25) is 5.91 Å². The Bertz CT molecular complexity index is 2620. The van der Waals surface area contributed by atoms with Crippen molar-refractivity contribution in [1.29, 1.82) is 10.5 Å². The predicted octanol–water partition coefficient (Wildman–Crippen LogP) is 9.65. The molecular formula is C56H67Cl2F2N5O8. The van der Waals surface area contributed by atoms with Gasteiger partial charge in [-0.2, -0.15) is 10.5 Å². The Morgan fingerprint density at radius 2 is 1.37 bits per heavy atom. The van der Waals surface area contributed by atoms with Gasteiger partial charge in [0.15, 0.2) is 0 Å². The highest BCUT2D eigenvalue weighted by Gasteiger charge is 2.64. The first-order chi connectivity index (χ1) is 34.6. The molecule has 0 spiro atoms. The van der Waals surface area contributed by atoms with Gasteiger partial charge in [0.1, 0.15) is 47.3 Å². The van der Waals surface area contributed by atoms with Crippen molar-refractivity contribution in [1.82, 2.24) is 16.0 Å². The fourth-order valence-corrected chi connectivity index (χ4v) is 10.9. The topological polar surface area (TPSA) is 173 Å². The van der Waals surface area contributed by atoms with Gasteiger partial charge in [-0.05, 0) is 78.4 Å². The van der Waals surface area contributed by atoms with E-state index in [9.17, 15) is 20.1 Å². The molecule has 1 heterocycles. The summed E-state index contributed by atoms with van der Waals surface area (Å²) >= 11 is 12.5. The lowest BCUT2D eigenvalue weighted by atomic mass is 9.49. The van der Waals surface area contributed by atoms with Crippen LogP contribution >= 0.6 is 23.2 Å². The molecule has 4 atom stereocenters. The molecule has 13 nitrogen and oxygen atoms in total. The second kappa shape index (κ2) is 24.8. The van der Waals surface area contributed by atoms with Crippen LogP contribution < -0.4 is 25.4 Å². The highest BCUT2D eigenvalue weighted by Crippen LogP contribution is 2.56. The van der Waals surface area contributed by atoms with Crippen LogP contribution in [0.1, 0.15) is 93.4 Å². The molecule has 2 amide bonds. The molecule has 2 fully saturated rings. The zero-order chi connectivity index (χ0) is 53.1. The van der Waals surface area contributed by atoms with Crippen LogP contribution in [-0.4, -0.2) is 102 Å². The van der Waals surface area contributed by atoms with E-state index < -0.39 is 41.0 Å². The first-order valence-electron chi connectivity index (χ1n) is 24.5. The molecule has 1 unspecified atom stereocenters. The standard InChI is InChI=1S/C56H67Cl2F2N5O8/c1-35-12-19-41(44(59)30-35)56(34-62)45(32-53(2,3)4)64-48(46(56)40-10-9-11-42(57)47(40)60)50(67)63-20-21-68-22-23-69-24-25-70-26-27-71-28-29-72-38-16-13-36(14-17-38)49(66)65-51-54(5,6)52(55(51,7)8)73-39-18-15-37(33-61)43(58)31-39/h9-19,30-31,45-46,48,51-52,64H,20-29,32H2,1-8H3,(H,63,67)(H,65,66)/t45-,46-,48?,51?,52?,56-/m0/s1. The zero-order valence-electron chi connectivity index (χ0n) is 42.8. The van der Waals surface area contributed by atoms with Crippen molar-refractivity contribution in [3.8, 4) is 23.6 Å². The van der Waals surface area contributed by atoms with Gasteiger partial charge in [0.05, 0.1) is 80.6 Å². The van der Waals surface area contributed by atoms with Crippen molar-refractivity contribution < 1.29 is 46.8 Å². The monoisotopic (exact) mass is 1050 g/mol. The third kappa shape index (κ3) is 13.5. The van der Waals surface area contributed by atoms with Gasteiger partial charge >= 0.3 is 0 Å². The molecule has 392 valence electrons. The second-order valence-corrected chi connectivity index (χ2v) is 21.8. The van der Waals surface area contributed by atoms with Gasteiger partial charge < -0.3 is 44.4 Å². The number of ether oxygens (including phenoxy) is 6. The summed E-state index contributed by atoms with van der Waals surface area (Å²) in [6, 6.07) is 23.5. The fourth-order valence-electron chi connectivity index (χ4n) is 10.5. The number of rotatable bonds is 24. The average Bonchev–Trinajstić information content (AvgIpc) is 3.65. The maximum Gasteiger partial charge on any atom is 0.251 e. The van der Waals surface area contributed by atoms with E-state index in [1.165, 1.54) is 18.2 Å². The predicted molar refractivity (Wildman–Crippen MR) is 275 cm³/mol. The van der Waals surface area contributed by atoms with Crippen molar-refractivity contribution in [2.75, 3.05) is 66.0 Å². The molecule has 0 radical (unpaired) electrons. The number of hydrogen-bond donors (Lipinski definition) is 3. The number of amides is 2. The summed E-state index contributed by atoms with van der Waals surface area (Å²) in [5.74, 6) is -2.00. The van der Waals surface area contributed by atoms with Crippen LogP contribution in [0.2, 0.25) is 10.0 Å². The average molecular weight is 1050 g/mol. The van der Waals surface area contributed by atoms with Gasteiger partial charge in [0, 0.05) is 52.6 Å². The summed E-state index contributed by atoms with van der Waals surface area (Å²) in [5.41, 5.74) is -1.11. The molecule has 4 aromatic rings. The van der Waals surface area contributed by atoms with Crippen LogP contribution in [0.25, 0.3) is 0 Å². The zero-order valence-corrected chi connectivity index (χ0v) is 44.4. The number of nitrogens with one attached hydrogen (secondary N) is 3. The summed E-state index contributed by atoms with van der Waals surface area (Å²) < 4.78 is 66.6. The number of nitrogens with zero attached hydrogens (tertiary/aromatic N) is 2. The SMILES string of the molecule is Cc1ccc([C@@]2(C#N)[C@H](CC(C)(C)C)NC(C(=O)NCCOCCOCCOCCOCCOc3ccc(C(=O)NC4C(C)(C)C(Oc5ccc(C#N)c(Cl)c5)C4(C)C)cc3)[C@@H]2c2cccc(Cl)c2F)c(F)c1. The number of aryl methyl sites for hydroxylation is 1. The van der Waals surface area contributed by atoms with E-state index in [1.807, 2.05) is 20.8 Å². The highest BCUT2D eigenvalue weighted by atomic mass is 35.5. The Hall–Kier alpha value is -5.36. The van der Waals surface area contributed by atoms with Gasteiger partial charge in [-0.25, -0.2) is 8.78 Å². The van der Waals surface area contributed by atoms with Crippen LogP contribution in [0.3, 0.4) is 0 Å². The quantitative estimate of drug-likeness (QED) is 0.0571. The molecule has 73 heavy (non-hydrogen) atoms. The largest absolute Gasteiger partial charge is 0.491 e. The molecule has 17 heteroatoms. The van der Waals surface area contributed by atoms with Crippen molar-refractivity contribution in [3.05, 3.63) is 128 Å². The molecule has 1 saturated carbocycles. The Kier molecular flexibility index (Phi) is 19.3. The molecular weight excluding hydrogens is 980 g/mol. The minimum atomic E-state index is -1.67. The van der Waals surface area contributed by atoms with Gasteiger partial charge in [-0.3, -0.25) is 9.59 Å². The maximum absolute atomic E-state index is 16.0. The second-order valence-electron chi connectivity index (χ2n) is 21.0. The van der Waals surface area contributed by atoms with E-state index in [0.717, 1.165) is 0 Å². The summed E-state index contributed by atoms with van der Waals surface area (Å²) in [4.78, 5) is 27.3. The number of carbonyl (C=O) groups is 2. The molecule has 3 N–H and O–H groups in total. The lowest BCUT2D eigenvalue weighted by Gasteiger charge is -2.63. The third-order valence-corrected chi connectivity index (χ3v) is 14.2. The molecule has 0 aromatic heterocycles. The minimum absolute atomic E-state index is 0.0488. The van der Waals surface area contributed by atoms with Crippen LogP contribution in [0.4, 0.5) is 8.78 Å². The lowest BCUT2D eigenvalue weighted by Crippen LogP contribution is -2.74.